The van der Waals surface area contributed by atoms with Gasteiger partial charge in [0.25, 0.3) is 16.8 Å². The van der Waals surface area contributed by atoms with E-state index in [2.05, 4.69) is 15.0 Å². The molecule has 1 aliphatic heterocycles. The number of aromatic amines is 1. The molecular weight excluding hydrogens is 623 g/mol. The first-order valence-electron chi connectivity index (χ1n) is 13.4. The van der Waals surface area contributed by atoms with Gasteiger partial charge in [-0.15, -0.1) is 11.8 Å². The number of nitrogens with one attached hydrogen (secondary N) is 1. The second-order valence-electron chi connectivity index (χ2n) is 10.1. The molecule has 0 saturated heterocycles. The van der Waals surface area contributed by atoms with Gasteiger partial charge in [-0.3, -0.25) is 24.3 Å². The van der Waals surface area contributed by atoms with E-state index in [4.69, 9.17) is 4.74 Å². The van der Waals surface area contributed by atoms with Gasteiger partial charge < -0.3 is 9.72 Å². The third kappa shape index (κ3) is 6.47. The van der Waals surface area contributed by atoms with Crippen molar-refractivity contribution in [1.29, 1.82) is 0 Å². The van der Waals surface area contributed by atoms with Crippen LogP contribution in [-0.2, 0) is 9.53 Å². The lowest BCUT2D eigenvalue weighted by atomic mass is 9.96. The Hall–Kier alpha value is -4.27. The highest BCUT2D eigenvalue weighted by Crippen LogP contribution is 2.33. The molecule has 0 bridgehead atoms. The van der Waals surface area contributed by atoms with Gasteiger partial charge in [-0.25, -0.2) is 14.8 Å². The molecule has 3 heterocycles. The number of hydrogen-bond acceptors (Lipinski definition) is 11. The number of non-ortho nitro benzene ring substituents is 1. The van der Waals surface area contributed by atoms with Crippen LogP contribution >= 0.6 is 34.9 Å². The number of aryl methyl sites for hydroxylation is 1. The molecule has 14 heteroatoms. The van der Waals surface area contributed by atoms with Crippen LogP contribution in [0.3, 0.4) is 0 Å². The number of thiazole rings is 1. The number of hydrogen-bond donors (Lipinski definition) is 1. The average Bonchev–Trinajstić information content (AvgIpc) is 3.26. The highest BCUT2D eigenvalue weighted by molar-refractivity contribution is 7.99. The Morgan fingerprint density at radius 2 is 1.89 bits per heavy atom. The summed E-state index contributed by atoms with van der Waals surface area (Å²) in [6.45, 7) is 6.90. The number of nitrogens with zero attached hydrogens (tertiary/aromatic N) is 4. The summed E-state index contributed by atoms with van der Waals surface area (Å²) in [5, 5.41) is 11.9. The van der Waals surface area contributed by atoms with Gasteiger partial charge in [0.05, 0.1) is 32.9 Å². The minimum Gasteiger partial charge on any atom is -0.459 e. The largest absolute Gasteiger partial charge is 0.459 e. The van der Waals surface area contributed by atoms with Crippen molar-refractivity contribution in [2.45, 2.75) is 54.8 Å². The van der Waals surface area contributed by atoms with E-state index >= 15 is 0 Å². The second-order valence-corrected chi connectivity index (χ2v) is 13.0. The average molecular weight is 650 g/mol. The summed E-state index contributed by atoms with van der Waals surface area (Å²) in [4.78, 5) is 64.2. The van der Waals surface area contributed by atoms with Gasteiger partial charge in [-0.2, -0.15) is 0 Å². The molecule has 2 aromatic carbocycles. The monoisotopic (exact) mass is 649 g/mol. The third-order valence-electron chi connectivity index (χ3n) is 6.56. The van der Waals surface area contributed by atoms with E-state index in [1.54, 1.807) is 51.6 Å². The van der Waals surface area contributed by atoms with Crippen LogP contribution < -0.4 is 20.5 Å². The number of thioether (sulfide) groups is 1. The van der Waals surface area contributed by atoms with Crippen LogP contribution in [0.4, 0.5) is 5.69 Å². The second kappa shape index (κ2) is 12.8. The maximum atomic E-state index is 14.1. The molecule has 1 atom stereocenters. The van der Waals surface area contributed by atoms with Crippen molar-refractivity contribution in [2.75, 3.05) is 6.26 Å². The molecule has 11 nitrogen and oxygen atoms in total. The zero-order valence-electron chi connectivity index (χ0n) is 24.3. The number of esters is 1. The summed E-state index contributed by atoms with van der Waals surface area (Å²) in [7, 11) is 0. The van der Waals surface area contributed by atoms with Crippen LogP contribution in [0, 0.1) is 17.0 Å². The number of ether oxygens (including phenoxy) is 1. The number of carbonyl (C=O) groups excluding carboxylic acids is 1. The smallest absolute Gasteiger partial charge is 0.338 e. The van der Waals surface area contributed by atoms with Crippen LogP contribution in [0.5, 0.6) is 0 Å². The van der Waals surface area contributed by atoms with Gasteiger partial charge in [0.1, 0.15) is 0 Å². The van der Waals surface area contributed by atoms with Crippen LogP contribution in [0.2, 0.25) is 0 Å². The Kier molecular flexibility index (Phi) is 9.04. The molecule has 0 aliphatic carbocycles. The van der Waals surface area contributed by atoms with Gasteiger partial charge in [0, 0.05) is 33.7 Å². The van der Waals surface area contributed by atoms with Crippen molar-refractivity contribution in [1.82, 2.24) is 14.5 Å². The van der Waals surface area contributed by atoms with Crippen molar-refractivity contribution < 1.29 is 14.5 Å². The molecule has 4 aromatic rings. The highest BCUT2D eigenvalue weighted by Gasteiger charge is 2.33. The Morgan fingerprint density at radius 3 is 2.52 bits per heavy atom. The van der Waals surface area contributed by atoms with Gasteiger partial charge in [0.2, 0.25) is 0 Å². The van der Waals surface area contributed by atoms with Gasteiger partial charge >= 0.3 is 5.97 Å². The SMILES string of the molecule is CSc1ccc([C@@H]2C(C(=O)OC(C)C)=C(C)N=c3s/c(=C\c4cc([N+](=O)[O-])ccc4Sc4nc(C)cc(=O)[nH]4)c(=O)n32)cc1. The van der Waals surface area contributed by atoms with Crippen molar-refractivity contribution in [3.8, 4) is 0 Å². The fraction of sp³-hybridized carbons (Fsp3) is 0.233. The quantitative estimate of drug-likeness (QED) is 0.0966. The lowest BCUT2D eigenvalue weighted by Crippen LogP contribution is -2.40. The van der Waals surface area contributed by atoms with Gasteiger partial charge in [-0.05, 0) is 69.4 Å². The molecule has 0 amide bonds. The summed E-state index contributed by atoms with van der Waals surface area (Å²) in [5.74, 6) is -0.563. The fourth-order valence-corrected chi connectivity index (χ4v) is 7.03. The van der Waals surface area contributed by atoms with E-state index in [-0.39, 0.29) is 27.5 Å². The normalized spacial score (nSPS) is 14.9. The van der Waals surface area contributed by atoms with Gasteiger partial charge in [0.15, 0.2) is 9.96 Å². The Bertz CT molecular complexity index is 2060. The number of allylic oxidation sites excluding steroid dienone is 1. The number of nitro benzene ring substituents is 1. The van der Waals surface area contributed by atoms with Crippen molar-refractivity contribution in [3.63, 3.8) is 0 Å². The molecule has 0 saturated carbocycles. The first-order chi connectivity index (χ1) is 20.9. The van der Waals surface area contributed by atoms with E-state index in [0.29, 0.717) is 37.4 Å². The van der Waals surface area contributed by atoms with E-state index in [1.165, 1.54) is 22.8 Å². The molecule has 1 N–H and O–H groups in total. The first-order valence-corrected chi connectivity index (χ1v) is 16.2. The number of H-pyrrole nitrogens is 1. The minimum atomic E-state index is -0.795. The number of carbonyl (C=O) groups is 1. The number of benzene rings is 2. The number of nitro groups is 1. The maximum Gasteiger partial charge on any atom is 0.338 e. The lowest BCUT2D eigenvalue weighted by Gasteiger charge is -2.25. The Labute approximate surface area is 263 Å². The zero-order valence-corrected chi connectivity index (χ0v) is 26.8. The van der Waals surface area contributed by atoms with Crippen molar-refractivity contribution in [2.24, 2.45) is 4.99 Å². The summed E-state index contributed by atoms with van der Waals surface area (Å²) in [6, 6.07) is 12.4. The van der Waals surface area contributed by atoms with Gasteiger partial charge in [-0.1, -0.05) is 35.2 Å². The fourth-order valence-electron chi connectivity index (χ4n) is 4.66. The number of rotatable bonds is 8. The molecule has 0 spiro atoms. The molecule has 0 radical (unpaired) electrons. The number of aromatic nitrogens is 3. The molecule has 0 fully saturated rings. The summed E-state index contributed by atoms with van der Waals surface area (Å²) in [5.41, 5.74) is 1.39. The Balaban J connectivity index is 1.70. The molecular formula is C30H27N5O6S3. The molecule has 226 valence electrons. The lowest BCUT2D eigenvalue weighted by molar-refractivity contribution is -0.384. The van der Waals surface area contributed by atoms with E-state index in [9.17, 15) is 24.5 Å². The molecule has 44 heavy (non-hydrogen) atoms. The third-order valence-corrected chi connectivity index (χ3v) is 9.27. The van der Waals surface area contributed by atoms with Crippen LogP contribution in [0.15, 0.2) is 89.3 Å². The first kappa shape index (κ1) is 31.2. The number of fused-ring (bicyclic) bond motifs is 1. The van der Waals surface area contributed by atoms with E-state index < -0.39 is 22.5 Å². The summed E-state index contributed by atoms with van der Waals surface area (Å²) in [6.07, 6.45) is 3.14. The maximum absolute atomic E-state index is 14.1. The van der Waals surface area contributed by atoms with Crippen LogP contribution in [0.1, 0.15) is 43.6 Å². The molecule has 2 aromatic heterocycles. The van der Waals surface area contributed by atoms with E-state index in [0.717, 1.165) is 28.0 Å². The van der Waals surface area contributed by atoms with E-state index in [1.807, 2.05) is 30.5 Å². The minimum absolute atomic E-state index is 0.166. The summed E-state index contributed by atoms with van der Waals surface area (Å²) >= 11 is 3.80. The summed E-state index contributed by atoms with van der Waals surface area (Å²) < 4.78 is 7.29. The molecule has 1 aliphatic rings. The van der Waals surface area contributed by atoms with Crippen molar-refractivity contribution >= 4 is 52.6 Å². The highest BCUT2D eigenvalue weighted by atomic mass is 32.2. The molecule has 5 rings (SSSR count). The topological polar surface area (TPSA) is 150 Å². The van der Waals surface area contributed by atoms with Crippen LogP contribution in [0.25, 0.3) is 6.08 Å². The predicted octanol–water partition coefficient (Wildman–Crippen LogP) is 4.36. The van der Waals surface area contributed by atoms with Crippen LogP contribution in [-0.4, -0.2) is 37.8 Å². The standard InChI is InChI=1S/C30H27N5O6S3/c1-15(2)41-28(38)25-17(4)32-30-34(26(25)18-6-9-21(42-5)10-7-18)27(37)23(44-30)14-19-13-20(35(39)40)8-11-22(19)43-29-31-16(3)12-24(36)33-29/h6-15,26H,1-5H3,(H,31,33,36)/b23-14-/t26-/m1/s1. The Morgan fingerprint density at radius 1 is 1.16 bits per heavy atom. The zero-order chi connectivity index (χ0) is 31.7. The predicted molar refractivity (Wildman–Crippen MR) is 170 cm³/mol. The van der Waals surface area contributed by atoms with Crippen molar-refractivity contribution in [3.05, 3.63) is 117 Å². The molecule has 0 unspecified atom stereocenters.